The molecule has 0 bridgehead atoms. The first-order valence-electron chi connectivity index (χ1n) is 10.1. The lowest BCUT2D eigenvalue weighted by Crippen LogP contribution is -2.21. The van der Waals surface area contributed by atoms with Gasteiger partial charge in [-0.2, -0.15) is 4.98 Å². The second-order valence-corrected chi connectivity index (χ2v) is 7.22. The summed E-state index contributed by atoms with van der Waals surface area (Å²) in [5.74, 6) is 0. The van der Waals surface area contributed by atoms with Gasteiger partial charge in [-0.1, -0.05) is 48.8 Å². The third-order valence-electron chi connectivity index (χ3n) is 5.04. The lowest BCUT2D eigenvalue weighted by molar-refractivity contribution is 0.0483. The maximum atomic E-state index is 12.6. The van der Waals surface area contributed by atoms with Crippen molar-refractivity contribution in [2.75, 3.05) is 6.61 Å². The molecule has 8 heteroatoms. The zero-order valence-corrected chi connectivity index (χ0v) is 16.7. The van der Waals surface area contributed by atoms with Gasteiger partial charge in [-0.15, -0.1) is 0 Å². The number of unbranched alkanes of at least 4 members (excludes halogenated alkanes) is 1. The largest absolute Gasteiger partial charge is 0.403 e. The Morgan fingerprint density at radius 2 is 2.10 bits per heavy atom. The van der Waals surface area contributed by atoms with Crippen LogP contribution in [0.15, 0.2) is 55.6 Å². The number of aryl methyl sites for hydroxylation is 1. The molecule has 0 spiro atoms. The normalized spacial score (nSPS) is 18.0. The summed E-state index contributed by atoms with van der Waals surface area (Å²) >= 11 is 0. The molecule has 0 amide bonds. The Morgan fingerprint density at radius 1 is 1.27 bits per heavy atom. The molecule has 30 heavy (non-hydrogen) atoms. The van der Waals surface area contributed by atoms with E-state index < -0.39 is 11.2 Å². The third kappa shape index (κ3) is 4.49. The summed E-state index contributed by atoms with van der Waals surface area (Å²) in [4.78, 5) is 36.5. The number of rotatable bonds is 6. The summed E-state index contributed by atoms with van der Waals surface area (Å²) in [6, 6.07) is 11.1. The van der Waals surface area contributed by atoms with Gasteiger partial charge in [0.25, 0.3) is 5.56 Å². The summed E-state index contributed by atoms with van der Waals surface area (Å²) in [5, 5.41) is 4.43. The van der Waals surface area contributed by atoms with Gasteiger partial charge in [-0.05, 0) is 24.0 Å². The van der Waals surface area contributed by atoms with Gasteiger partial charge in [0.2, 0.25) is 5.71 Å². The highest BCUT2D eigenvalue weighted by molar-refractivity contribution is 5.85. The number of nitrogens with zero attached hydrogens (tertiary/aromatic N) is 2. The number of ether oxygens (including phenoxy) is 1. The van der Waals surface area contributed by atoms with Gasteiger partial charge in [0.05, 0.1) is 18.4 Å². The van der Waals surface area contributed by atoms with E-state index in [0.717, 1.165) is 24.1 Å². The maximum Gasteiger partial charge on any atom is 0.337 e. The quantitative estimate of drug-likeness (QED) is 0.625. The first kappa shape index (κ1) is 20.0. The van der Waals surface area contributed by atoms with E-state index in [1.165, 1.54) is 6.07 Å². The molecule has 0 saturated carbocycles. The summed E-state index contributed by atoms with van der Waals surface area (Å²) in [6.07, 6.45) is 3.51. The van der Waals surface area contributed by atoms with Gasteiger partial charge in [-0.25, -0.2) is 4.79 Å². The first-order chi connectivity index (χ1) is 14.6. The smallest absolute Gasteiger partial charge is 0.337 e. The van der Waals surface area contributed by atoms with Crippen molar-refractivity contribution in [2.24, 2.45) is 5.16 Å². The number of H-pyrrole nitrogens is 1. The fourth-order valence-corrected chi connectivity index (χ4v) is 3.50. The van der Waals surface area contributed by atoms with Crippen LogP contribution in [0.1, 0.15) is 49.8 Å². The average molecular weight is 409 g/mol. The highest BCUT2D eigenvalue weighted by Crippen LogP contribution is 2.26. The first-order valence-corrected chi connectivity index (χ1v) is 10.1. The summed E-state index contributed by atoms with van der Waals surface area (Å²) < 4.78 is 11.0. The summed E-state index contributed by atoms with van der Waals surface area (Å²) in [6.45, 7) is 2.57. The van der Waals surface area contributed by atoms with E-state index in [0.29, 0.717) is 31.4 Å². The highest BCUT2D eigenvalue weighted by atomic mass is 16.6. The Hall–Kier alpha value is -3.26. The second-order valence-electron chi connectivity index (χ2n) is 7.22. The lowest BCUT2D eigenvalue weighted by Gasteiger charge is -2.23. The van der Waals surface area contributed by atoms with E-state index in [2.05, 4.69) is 15.1 Å². The molecular weight excluding hydrogens is 386 g/mol. The van der Waals surface area contributed by atoms with Gasteiger partial charge < -0.3 is 14.0 Å². The molecule has 1 aromatic carbocycles. The van der Waals surface area contributed by atoms with Crippen LogP contribution in [0.2, 0.25) is 0 Å². The van der Waals surface area contributed by atoms with Crippen LogP contribution in [-0.4, -0.2) is 22.3 Å². The van der Waals surface area contributed by atoms with Gasteiger partial charge in [0, 0.05) is 18.9 Å². The Bertz CT molecular complexity index is 1170. The third-order valence-corrected chi connectivity index (χ3v) is 5.04. The number of hydrogen-bond donors (Lipinski definition) is 1. The van der Waals surface area contributed by atoms with E-state index >= 15 is 0 Å². The van der Waals surface area contributed by atoms with Crippen LogP contribution >= 0.6 is 0 Å². The molecule has 4 rings (SSSR count). The molecule has 0 radical (unpaired) electrons. The SMILES string of the molecule is CCCCc1cc(=O)oc2nc(O/N=C3/CCOC(c4ccccc4)C3)[nH]c(=O)c12. The van der Waals surface area contributed by atoms with Crippen molar-refractivity contribution in [3.05, 3.63) is 68.3 Å². The van der Waals surface area contributed by atoms with Crippen molar-refractivity contribution >= 4 is 16.8 Å². The van der Waals surface area contributed by atoms with Gasteiger partial charge >= 0.3 is 11.6 Å². The second kappa shape index (κ2) is 9.04. The van der Waals surface area contributed by atoms with Crippen molar-refractivity contribution in [3.63, 3.8) is 0 Å². The van der Waals surface area contributed by atoms with E-state index in [1.54, 1.807) is 0 Å². The number of hydrogen-bond acceptors (Lipinski definition) is 7. The molecule has 0 aliphatic carbocycles. The van der Waals surface area contributed by atoms with Crippen LogP contribution in [0.4, 0.5) is 0 Å². The van der Waals surface area contributed by atoms with Crippen LogP contribution in [0.25, 0.3) is 11.1 Å². The maximum absolute atomic E-state index is 12.6. The van der Waals surface area contributed by atoms with Crippen LogP contribution in [0.5, 0.6) is 6.01 Å². The van der Waals surface area contributed by atoms with Crippen LogP contribution in [0.3, 0.4) is 0 Å². The van der Waals surface area contributed by atoms with E-state index in [1.807, 2.05) is 37.3 Å². The predicted molar refractivity (Wildman–Crippen MR) is 112 cm³/mol. The molecule has 3 heterocycles. The molecule has 1 saturated heterocycles. The molecule has 1 atom stereocenters. The molecule has 1 aliphatic heterocycles. The van der Waals surface area contributed by atoms with Crippen molar-refractivity contribution in [3.8, 4) is 6.01 Å². The monoisotopic (exact) mass is 409 g/mol. The topological polar surface area (TPSA) is 107 Å². The van der Waals surface area contributed by atoms with Crippen molar-refractivity contribution in [1.29, 1.82) is 0 Å². The van der Waals surface area contributed by atoms with Crippen molar-refractivity contribution in [1.82, 2.24) is 9.97 Å². The van der Waals surface area contributed by atoms with Gasteiger partial charge in [0.1, 0.15) is 5.39 Å². The number of fused-ring (bicyclic) bond motifs is 1. The summed E-state index contributed by atoms with van der Waals surface area (Å²) in [5.41, 5.74) is 1.50. The Kier molecular flexibility index (Phi) is 6.04. The Morgan fingerprint density at radius 3 is 2.90 bits per heavy atom. The Balaban J connectivity index is 1.57. The van der Waals surface area contributed by atoms with Crippen molar-refractivity contribution in [2.45, 2.75) is 45.1 Å². The molecule has 1 fully saturated rings. The molecule has 156 valence electrons. The number of benzene rings is 1. The van der Waals surface area contributed by atoms with Crippen LogP contribution in [0, 0.1) is 0 Å². The summed E-state index contributed by atoms with van der Waals surface area (Å²) in [7, 11) is 0. The van der Waals surface area contributed by atoms with E-state index in [-0.39, 0.29) is 23.2 Å². The fraction of sp³-hybridized carbons (Fsp3) is 0.364. The minimum Gasteiger partial charge on any atom is -0.403 e. The zero-order chi connectivity index (χ0) is 20.9. The Labute approximate surface area is 172 Å². The molecule has 1 N–H and O–H groups in total. The molecule has 3 aromatic rings. The standard InChI is InChI=1S/C22H23N3O5/c1-2-3-7-15-12-18(26)29-21-19(15)20(27)23-22(24-21)30-25-16-10-11-28-17(13-16)14-8-5-4-6-9-14/h4-6,8-9,12,17H,2-3,7,10-11,13H2,1H3,(H,23,24,27)/b25-16-. The molecule has 1 unspecified atom stereocenters. The number of oxime groups is 1. The van der Waals surface area contributed by atoms with E-state index in [4.69, 9.17) is 14.0 Å². The number of aromatic amines is 1. The van der Waals surface area contributed by atoms with Crippen molar-refractivity contribution < 1.29 is 14.0 Å². The molecule has 1 aliphatic rings. The van der Waals surface area contributed by atoms with Gasteiger partial charge in [-0.3, -0.25) is 9.78 Å². The number of nitrogens with one attached hydrogen (secondary N) is 1. The molecular formula is C22H23N3O5. The minimum atomic E-state index is -0.543. The predicted octanol–water partition coefficient (Wildman–Crippen LogP) is 3.51. The van der Waals surface area contributed by atoms with Gasteiger partial charge in [0.15, 0.2) is 0 Å². The highest BCUT2D eigenvalue weighted by Gasteiger charge is 2.21. The van der Waals surface area contributed by atoms with E-state index in [9.17, 15) is 9.59 Å². The van der Waals surface area contributed by atoms with Crippen LogP contribution < -0.4 is 16.0 Å². The zero-order valence-electron chi connectivity index (χ0n) is 16.7. The number of aromatic nitrogens is 2. The fourth-order valence-electron chi connectivity index (χ4n) is 3.50. The average Bonchev–Trinajstić information content (AvgIpc) is 2.76. The lowest BCUT2D eigenvalue weighted by atomic mass is 10.0. The molecule has 2 aromatic heterocycles. The van der Waals surface area contributed by atoms with Crippen LogP contribution in [-0.2, 0) is 11.2 Å². The minimum absolute atomic E-state index is 0.0401. The molecule has 8 nitrogen and oxygen atoms in total.